The van der Waals surface area contributed by atoms with Crippen molar-refractivity contribution in [2.75, 3.05) is 16.3 Å². The molecule has 0 saturated heterocycles. The number of nitro benzene ring substituents is 1. The van der Waals surface area contributed by atoms with Crippen LogP contribution in [0.25, 0.3) is 5.82 Å². The second kappa shape index (κ2) is 9.11. The van der Waals surface area contributed by atoms with Gasteiger partial charge in [-0.1, -0.05) is 30.2 Å². The van der Waals surface area contributed by atoms with Crippen LogP contribution < -0.4 is 9.80 Å². The van der Waals surface area contributed by atoms with Crippen molar-refractivity contribution in [3.8, 4) is 18.4 Å². The van der Waals surface area contributed by atoms with Crippen LogP contribution in [0.4, 0.5) is 17.1 Å². The second-order valence-corrected chi connectivity index (χ2v) is 9.93. The van der Waals surface area contributed by atoms with E-state index in [9.17, 15) is 25.0 Å². The highest BCUT2D eigenvalue weighted by atomic mass is 16.6. The minimum absolute atomic E-state index is 0.0281. The summed E-state index contributed by atoms with van der Waals surface area (Å²) in [6.45, 7) is 1.79. The van der Waals surface area contributed by atoms with Crippen LogP contribution in [0, 0.1) is 40.7 Å². The number of nitrogens with zero attached hydrogens (tertiary/aromatic N) is 5. The van der Waals surface area contributed by atoms with Gasteiger partial charge in [0, 0.05) is 53.5 Å². The third-order valence-corrected chi connectivity index (χ3v) is 7.86. The molecule has 2 aliphatic heterocycles. The third kappa shape index (κ3) is 3.21. The number of fused-ring (bicyclic) bond motifs is 3. The Kier molecular flexibility index (Phi) is 5.67. The molecule has 6 rings (SSSR count). The first-order chi connectivity index (χ1) is 19.4. The summed E-state index contributed by atoms with van der Waals surface area (Å²) in [7, 11) is 0. The normalized spacial score (nSPS) is 20.0. The lowest BCUT2D eigenvalue weighted by atomic mass is 9.63. The van der Waals surface area contributed by atoms with Crippen LogP contribution in [-0.4, -0.2) is 27.7 Å². The molecule has 0 bridgehead atoms. The average Bonchev–Trinajstić information content (AvgIpc) is 3.56. The summed E-state index contributed by atoms with van der Waals surface area (Å²) in [6.07, 6.45) is 10.3. The standard InChI is InChI=1S/C31H23N5O4/c1-3-15-34-24-10-5-4-9-22(24)31(30(34)38)23(19-32)29(33-16-6-7-17-33)35(25-11-8-12-27(37)28(25)31)26-18-21(36(39)40)14-13-20(26)2/h1,4-7,9-10,13-14,16-18H,8,11-12,15H2,2H3/t31-/m0/s1. The number of allylic oxidation sites excluding steroid dienone is 1. The Morgan fingerprint density at radius 2 is 1.82 bits per heavy atom. The number of ketones is 1. The van der Waals surface area contributed by atoms with Crippen LogP contribution in [0.2, 0.25) is 0 Å². The highest BCUT2D eigenvalue weighted by molar-refractivity contribution is 6.22. The molecule has 1 atom stereocenters. The number of aromatic nitrogens is 1. The SMILES string of the molecule is C#CCN1C(=O)[C@]2(C(C#N)=C(n3cccc3)N(c3cc([N+](=O)[O-])ccc3C)C3=C2C(=O)CCC3)c2ccccc21. The molecule has 0 radical (unpaired) electrons. The number of aryl methyl sites for hydroxylation is 1. The molecule has 1 aliphatic carbocycles. The van der Waals surface area contributed by atoms with Crippen molar-refractivity contribution in [1.29, 1.82) is 5.26 Å². The van der Waals surface area contributed by atoms with E-state index in [0.717, 1.165) is 0 Å². The van der Waals surface area contributed by atoms with Gasteiger partial charge in [0.25, 0.3) is 5.69 Å². The summed E-state index contributed by atoms with van der Waals surface area (Å²) >= 11 is 0. The maximum absolute atomic E-state index is 14.6. The largest absolute Gasteiger partial charge is 0.309 e. The van der Waals surface area contributed by atoms with Gasteiger partial charge in [-0.25, -0.2) is 0 Å². The lowest BCUT2D eigenvalue weighted by molar-refractivity contribution is -0.384. The zero-order valence-corrected chi connectivity index (χ0v) is 21.6. The van der Waals surface area contributed by atoms with Crippen LogP contribution >= 0.6 is 0 Å². The van der Waals surface area contributed by atoms with Crippen molar-refractivity contribution in [2.45, 2.75) is 31.6 Å². The Morgan fingerprint density at radius 1 is 1.07 bits per heavy atom. The van der Waals surface area contributed by atoms with Crippen LogP contribution in [0.1, 0.15) is 30.4 Å². The van der Waals surface area contributed by atoms with Crippen molar-refractivity contribution in [1.82, 2.24) is 4.57 Å². The first kappa shape index (κ1) is 24.9. The smallest absolute Gasteiger partial charge is 0.271 e. The molecule has 1 spiro atoms. The molecule has 196 valence electrons. The van der Waals surface area contributed by atoms with Crippen molar-refractivity contribution in [2.24, 2.45) is 0 Å². The number of para-hydroxylation sites is 1. The summed E-state index contributed by atoms with van der Waals surface area (Å²) in [6, 6.07) is 17.5. The van der Waals surface area contributed by atoms with Gasteiger partial charge in [-0.2, -0.15) is 5.26 Å². The minimum atomic E-state index is -1.71. The summed E-state index contributed by atoms with van der Waals surface area (Å²) in [5.74, 6) is 2.20. The van der Waals surface area contributed by atoms with E-state index in [4.69, 9.17) is 6.42 Å². The van der Waals surface area contributed by atoms with Crippen molar-refractivity contribution < 1.29 is 14.5 Å². The Balaban J connectivity index is 1.79. The van der Waals surface area contributed by atoms with Crippen LogP contribution in [0.3, 0.4) is 0 Å². The fourth-order valence-electron chi connectivity index (χ4n) is 6.26. The van der Waals surface area contributed by atoms with Gasteiger partial charge >= 0.3 is 0 Å². The number of anilines is 2. The number of hydrogen-bond donors (Lipinski definition) is 0. The van der Waals surface area contributed by atoms with E-state index in [-0.39, 0.29) is 35.6 Å². The van der Waals surface area contributed by atoms with Crippen molar-refractivity contribution in [3.05, 3.63) is 105 Å². The summed E-state index contributed by atoms with van der Waals surface area (Å²) < 4.78 is 1.72. The van der Waals surface area contributed by atoms with E-state index >= 15 is 0 Å². The number of terminal acetylenes is 1. The second-order valence-electron chi connectivity index (χ2n) is 9.93. The number of amides is 1. The number of nitro groups is 1. The molecule has 3 aliphatic rings. The predicted octanol–water partition coefficient (Wildman–Crippen LogP) is 4.84. The van der Waals surface area contributed by atoms with E-state index < -0.39 is 16.2 Å². The molecule has 0 fully saturated rings. The van der Waals surface area contributed by atoms with E-state index in [0.29, 0.717) is 46.9 Å². The van der Waals surface area contributed by atoms with Crippen molar-refractivity contribution in [3.63, 3.8) is 0 Å². The molecule has 1 amide bonds. The molecule has 9 heteroatoms. The maximum atomic E-state index is 14.6. The van der Waals surface area contributed by atoms with Gasteiger partial charge in [-0.05, 0) is 43.5 Å². The quantitative estimate of drug-likeness (QED) is 0.272. The average molecular weight is 530 g/mol. The highest BCUT2D eigenvalue weighted by Crippen LogP contribution is 2.58. The molecular formula is C31H23N5O4. The third-order valence-electron chi connectivity index (χ3n) is 7.86. The maximum Gasteiger partial charge on any atom is 0.271 e. The van der Waals surface area contributed by atoms with Gasteiger partial charge in [0.1, 0.15) is 17.3 Å². The zero-order chi connectivity index (χ0) is 28.2. The first-order valence-corrected chi connectivity index (χ1v) is 12.8. The molecule has 0 saturated carbocycles. The topological polar surface area (TPSA) is 112 Å². The molecule has 0 N–H and O–H groups in total. The molecule has 40 heavy (non-hydrogen) atoms. The molecule has 3 aromatic rings. The molecule has 3 heterocycles. The number of carbonyl (C=O) groups excluding carboxylic acids is 2. The monoisotopic (exact) mass is 529 g/mol. The first-order valence-electron chi connectivity index (χ1n) is 12.8. The summed E-state index contributed by atoms with van der Waals surface area (Å²) in [5.41, 5.74) is 1.24. The van der Waals surface area contributed by atoms with Gasteiger partial charge in [-0.15, -0.1) is 6.42 Å². The van der Waals surface area contributed by atoms with E-state index in [1.165, 1.54) is 17.0 Å². The van der Waals surface area contributed by atoms with E-state index in [1.54, 1.807) is 64.3 Å². The molecule has 1 aromatic heterocycles. The number of hydrogen-bond acceptors (Lipinski definition) is 6. The molecule has 9 nitrogen and oxygen atoms in total. The van der Waals surface area contributed by atoms with Gasteiger partial charge in [-0.3, -0.25) is 29.5 Å². The minimum Gasteiger partial charge on any atom is -0.309 e. The van der Waals surface area contributed by atoms with E-state index in [1.807, 2.05) is 6.92 Å². The van der Waals surface area contributed by atoms with Crippen molar-refractivity contribution >= 4 is 34.6 Å². The lowest BCUT2D eigenvalue weighted by Gasteiger charge is -2.45. The van der Waals surface area contributed by atoms with Crippen LogP contribution in [0.5, 0.6) is 0 Å². The predicted molar refractivity (Wildman–Crippen MR) is 149 cm³/mol. The van der Waals surface area contributed by atoms with Gasteiger partial charge in [0.2, 0.25) is 5.91 Å². The van der Waals surface area contributed by atoms with Crippen LogP contribution in [-0.2, 0) is 15.0 Å². The summed E-state index contributed by atoms with van der Waals surface area (Å²) in [4.78, 5) is 43.1. The Morgan fingerprint density at radius 3 is 2.52 bits per heavy atom. The number of non-ortho nitro benzene ring substituents is 1. The number of carbonyl (C=O) groups is 2. The Labute approximate surface area is 230 Å². The Bertz CT molecular complexity index is 1770. The number of benzene rings is 2. The van der Waals surface area contributed by atoms with Gasteiger partial charge in [0.05, 0.1) is 22.7 Å². The molecular weight excluding hydrogens is 506 g/mol. The fraction of sp³-hybridized carbons (Fsp3) is 0.194. The highest BCUT2D eigenvalue weighted by Gasteiger charge is 2.62. The summed E-state index contributed by atoms with van der Waals surface area (Å²) in [5, 5.41) is 22.7. The fourth-order valence-corrected chi connectivity index (χ4v) is 6.26. The molecule has 2 aromatic carbocycles. The zero-order valence-electron chi connectivity index (χ0n) is 21.6. The molecule has 0 unspecified atom stereocenters. The Hall–Kier alpha value is -5.41. The van der Waals surface area contributed by atoms with Crippen LogP contribution in [0.15, 0.2) is 83.8 Å². The van der Waals surface area contributed by atoms with Gasteiger partial charge < -0.3 is 4.57 Å². The van der Waals surface area contributed by atoms with Gasteiger partial charge in [0.15, 0.2) is 5.78 Å². The number of rotatable bonds is 4. The lowest BCUT2D eigenvalue weighted by Crippen LogP contribution is -2.51. The van der Waals surface area contributed by atoms with E-state index in [2.05, 4.69) is 12.0 Å². The number of nitriles is 1. The number of Topliss-reactive ketones (excluding diaryl/α,β-unsaturated/α-hetero) is 1.